The van der Waals surface area contributed by atoms with E-state index in [-0.39, 0.29) is 42.0 Å². The summed E-state index contributed by atoms with van der Waals surface area (Å²) in [6.45, 7) is 6.07. The number of carbonyl (C=O) groups excluding carboxylic acids is 2. The van der Waals surface area contributed by atoms with E-state index in [1.165, 1.54) is 6.20 Å². The van der Waals surface area contributed by atoms with Crippen LogP contribution in [-0.4, -0.2) is 60.2 Å². The average molecular weight is 571 g/mol. The van der Waals surface area contributed by atoms with Gasteiger partial charge in [0.1, 0.15) is 11.4 Å². The Hall–Kier alpha value is -4.34. The fraction of sp³-hybridized carbons (Fsp3) is 0.406. The van der Waals surface area contributed by atoms with E-state index < -0.39 is 11.8 Å². The predicted molar refractivity (Wildman–Crippen MR) is 155 cm³/mol. The van der Waals surface area contributed by atoms with E-state index in [9.17, 15) is 9.59 Å². The van der Waals surface area contributed by atoms with Gasteiger partial charge in [-0.05, 0) is 70.2 Å². The minimum atomic E-state index is -0.539. The average Bonchev–Trinajstić information content (AvgIpc) is 3.42. The van der Waals surface area contributed by atoms with E-state index in [1.807, 2.05) is 56.3 Å². The van der Waals surface area contributed by atoms with Gasteiger partial charge in [-0.3, -0.25) is 9.48 Å². The van der Waals surface area contributed by atoms with Crippen LogP contribution in [0.5, 0.6) is 0 Å². The number of benzene rings is 2. The maximum absolute atomic E-state index is 16.1. The number of carbonyl (C=O) groups is 2. The van der Waals surface area contributed by atoms with Crippen LogP contribution < -0.4 is 0 Å². The van der Waals surface area contributed by atoms with Crippen molar-refractivity contribution in [2.75, 3.05) is 6.61 Å². The van der Waals surface area contributed by atoms with Crippen LogP contribution in [0.2, 0.25) is 0 Å². The molecule has 1 amide bonds. The highest BCUT2D eigenvalue weighted by Crippen LogP contribution is 2.55. The molecule has 4 aromatic rings. The van der Waals surface area contributed by atoms with Crippen LogP contribution in [0.25, 0.3) is 16.8 Å². The number of esters is 1. The van der Waals surface area contributed by atoms with Gasteiger partial charge in [-0.1, -0.05) is 29.5 Å². The fourth-order valence-electron chi connectivity index (χ4n) is 6.33. The number of ether oxygens (including phenoxy) is 1. The Morgan fingerprint density at radius 2 is 1.81 bits per heavy atom. The lowest BCUT2D eigenvalue weighted by atomic mass is 9.95. The van der Waals surface area contributed by atoms with Crippen molar-refractivity contribution in [3.63, 3.8) is 0 Å². The van der Waals surface area contributed by atoms with Crippen molar-refractivity contribution < 1.29 is 18.7 Å². The third kappa shape index (κ3) is 4.99. The zero-order valence-corrected chi connectivity index (χ0v) is 24.3. The van der Waals surface area contributed by atoms with Crippen LogP contribution in [0.3, 0.4) is 0 Å². The number of aromatic nitrogens is 5. The Labute approximate surface area is 244 Å². The Bertz CT molecular complexity index is 1630. The molecule has 0 spiro atoms. The van der Waals surface area contributed by atoms with Crippen LogP contribution in [-0.2, 0) is 11.8 Å². The van der Waals surface area contributed by atoms with Gasteiger partial charge >= 0.3 is 5.97 Å². The molecule has 1 saturated carbocycles. The first-order valence-electron chi connectivity index (χ1n) is 14.6. The zero-order valence-electron chi connectivity index (χ0n) is 24.3. The number of nitrogens with zero attached hydrogens (tertiary/aromatic N) is 6. The molecule has 4 atom stereocenters. The van der Waals surface area contributed by atoms with E-state index in [0.29, 0.717) is 22.4 Å². The smallest absolute Gasteiger partial charge is 0.341 e. The zero-order chi connectivity index (χ0) is 29.5. The largest absolute Gasteiger partial charge is 0.462 e. The van der Waals surface area contributed by atoms with E-state index in [0.717, 1.165) is 37.1 Å². The van der Waals surface area contributed by atoms with E-state index in [1.54, 1.807) is 34.5 Å². The lowest BCUT2D eigenvalue weighted by Crippen LogP contribution is -2.47. The highest BCUT2D eigenvalue weighted by molar-refractivity contribution is 5.96. The molecule has 9 nitrogen and oxygen atoms in total. The number of hydrogen-bond acceptors (Lipinski definition) is 6. The lowest BCUT2D eigenvalue weighted by molar-refractivity contribution is 0.0502. The third-order valence-corrected chi connectivity index (χ3v) is 8.50. The van der Waals surface area contributed by atoms with Crippen molar-refractivity contribution in [3.8, 4) is 16.8 Å². The molecule has 0 N–H and O–H groups in total. The topological polar surface area (TPSA) is 95.1 Å². The van der Waals surface area contributed by atoms with Crippen LogP contribution in [0.15, 0.2) is 54.9 Å². The number of likely N-dealkylation sites (tertiary alicyclic amines) is 1. The molecular weight excluding hydrogens is 535 g/mol. The van der Waals surface area contributed by atoms with Crippen LogP contribution in [0.1, 0.15) is 90.4 Å². The highest BCUT2D eigenvalue weighted by atomic mass is 19.1. The standard InChI is InChI=1S/C32H35FN6O3/c1-5-42-32(41)27-17-34-39(30(27)26-16-25(26)28-18-37(4)36-35-28)22-12-7-11-21(15-22)23-13-8-14-24(29(23)33)31(40)38-19(2)9-6-10-20(38)3/h7-8,11-15,17-20,25-26H,5-6,9-10,16H2,1-4H3/t19-,20+,25-,26-/m0/s1. The van der Waals surface area contributed by atoms with E-state index in [4.69, 9.17) is 4.74 Å². The van der Waals surface area contributed by atoms with Gasteiger partial charge in [0.05, 0.1) is 35.4 Å². The van der Waals surface area contributed by atoms with Crippen LogP contribution in [0, 0.1) is 5.82 Å². The normalized spacial score (nSPS) is 21.8. The first-order chi connectivity index (χ1) is 20.3. The van der Waals surface area contributed by atoms with Gasteiger partial charge in [-0.15, -0.1) is 5.10 Å². The molecule has 2 aromatic heterocycles. The SMILES string of the molecule is CCOC(=O)c1cnn(-c2cccc(-c3cccc(C(=O)N4[C@H](C)CCC[C@@H]4C)c3F)c2)c1[C@H]1C[C@@H]1c1cn(C)nn1. The van der Waals surface area contributed by atoms with Gasteiger partial charge in [0.25, 0.3) is 5.91 Å². The number of piperidine rings is 1. The number of rotatable bonds is 7. The molecule has 2 aliphatic rings. The monoisotopic (exact) mass is 570 g/mol. The number of aryl methyl sites for hydroxylation is 1. The number of halogens is 1. The molecule has 0 unspecified atom stereocenters. The number of hydrogen-bond donors (Lipinski definition) is 0. The molecular formula is C32H35FN6O3. The molecule has 2 aromatic carbocycles. The molecule has 6 rings (SSSR count). The highest BCUT2D eigenvalue weighted by Gasteiger charge is 2.46. The summed E-state index contributed by atoms with van der Waals surface area (Å²) in [6, 6.07) is 12.5. The van der Waals surface area contributed by atoms with Crippen molar-refractivity contribution in [1.29, 1.82) is 0 Å². The lowest BCUT2D eigenvalue weighted by Gasteiger charge is -2.39. The maximum atomic E-state index is 16.1. The van der Waals surface area contributed by atoms with Crippen molar-refractivity contribution in [3.05, 3.63) is 83.2 Å². The summed E-state index contributed by atoms with van der Waals surface area (Å²) in [5, 5.41) is 12.9. The Kier molecular flexibility index (Phi) is 7.38. The molecule has 10 heteroatoms. The minimum Gasteiger partial charge on any atom is -0.462 e. The Morgan fingerprint density at radius 1 is 1.05 bits per heavy atom. The van der Waals surface area contributed by atoms with Crippen LogP contribution >= 0.6 is 0 Å². The Morgan fingerprint density at radius 3 is 2.52 bits per heavy atom. The fourth-order valence-corrected chi connectivity index (χ4v) is 6.33. The van der Waals surface area contributed by atoms with Crippen molar-refractivity contribution in [2.24, 2.45) is 7.05 Å². The van der Waals surface area contributed by atoms with E-state index in [2.05, 4.69) is 15.4 Å². The van der Waals surface area contributed by atoms with Gasteiger partial charge in [0.2, 0.25) is 0 Å². The minimum absolute atomic E-state index is 0.00142. The second-order valence-electron chi connectivity index (χ2n) is 11.4. The maximum Gasteiger partial charge on any atom is 0.341 e. The summed E-state index contributed by atoms with van der Waals surface area (Å²) >= 11 is 0. The summed E-state index contributed by atoms with van der Waals surface area (Å²) in [5.74, 6) is -1.15. The molecule has 1 saturated heterocycles. The summed E-state index contributed by atoms with van der Waals surface area (Å²) in [6.07, 6.45) is 7.11. The van der Waals surface area contributed by atoms with Gasteiger partial charge in [-0.25, -0.2) is 13.9 Å². The Balaban J connectivity index is 1.37. The van der Waals surface area contributed by atoms with Crippen molar-refractivity contribution in [2.45, 2.75) is 70.4 Å². The second kappa shape index (κ2) is 11.2. The summed E-state index contributed by atoms with van der Waals surface area (Å²) < 4.78 is 24.8. The quantitative estimate of drug-likeness (QED) is 0.266. The van der Waals surface area contributed by atoms with Crippen LogP contribution in [0.4, 0.5) is 4.39 Å². The summed E-state index contributed by atoms with van der Waals surface area (Å²) in [5.41, 5.74) is 3.70. The second-order valence-corrected chi connectivity index (χ2v) is 11.4. The summed E-state index contributed by atoms with van der Waals surface area (Å²) in [7, 11) is 1.82. The molecule has 1 aliphatic carbocycles. The molecule has 42 heavy (non-hydrogen) atoms. The molecule has 0 radical (unpaired) electrons. The molecule has 218 valence electrons. The predicted octanol–water partition coefficient (Wildman–Crippen LogP) is 5.66. The molecule has 0 bridgehead atoms. The first-order valence-corrected chi connectivity index (χ1v) is 14.6. The van der Waals surface area contributed by atoms with Crippen molar-refractivity contribution >= 4 is 11.9 Å². The molecule has 1 aliphatic heterocycles. The van der Waals surface area contributed by atoms with Gasteiger partial charge < -0.3 is 9.64 Å². The number of amides is 1. The molecule has 2 fully saturated rings. The van der Waals surface area contributed by atoms with Gasteiger partial charge in [0, 0.05) is 42.7 Å². The first kappa shape index (κ1) is 27.8. The summed E-state index contributed by atoms with van der Waals surface area (Å²) in [4.78, 5) is 28.3. The van der Waals surface area contributed by atoms with Crippen molar-refractivity contribution in [1.82, 2.24) is 29.7 Å². The van der Waals surface area contributed by atoms with E-state index >= 15 is 4.39 Å². The van der Waals surface area contributed by atoms with Gasteiger partial charge in [0.15, 0.2) is 0 Å². The molecule has 3 heterocycles. The van der Waals surface area contributed by atoms with Gasteiger partial charge in [-0.2, -0.15) is 5.10 Å². The third-order valence-electron chi connectivity index (χ3n) is 8.50.